The molecule has 0 aliphatic carbocycles. The van der Waals surface area contributed by atoms with Gasteiger partial charge in [0.05, 0.1) is 23.6 Å². The maximum atomic E-state index is 12.2. The lowest BCUT2D eigenvalue weighted by atomic mass is 9.99. The van der Waals surface area contributed by atoms with Gasteiger partial charge in [-0.15, -0.1) is 5.10 Å². The van der Waals surface area contributed by atoms with Gasteiger partial charge in [0.25, 0.3) is 0 Å². The first-order valence-electron chi connectivity index (χ1n) is 10.0. The van der Waals surface area contributed by atoms with Crippen LogP contribution >= 0.6 is 0 Å². The van der Waals surface area contributed by atoms with Gasteiger partial charge in [0.2, 0.25) is 0 Å². The normalized spacial score (nSPS) is 19.9. The van der Waals surface area contributed by atoms with Crippen LogP contribution in [0.4, 0.5) is 10.5 Å². The minimum atomic E-state index is -0.212. The first-order chi connectivity index (χ1) is 14.2. The van der Waals surface area contributed by atoms with Crippen LogP contribution < -0.4 is 10.2 Å². The van der Waals surface area contributed by atoms with Crippen molar-refractivity contribution in [1.29, 1.82) is 0 Å². The van der Waals surface area contributed by atoms with Crippen molar-refractivity contribution < 1.29 is 9.53 Å². The zero-order valence-electron chi connectivity index (χ0n) is 16.3. The van der Waals surface area contributed by atoms with E-state index in [0.29, 0.717) is 6.54 Å². The Morgan fingerprint density at radius 3 is 2.76 bits per heavy atom. The summed E-state index contributed by atoms with van der Waals surface area (Å²) in [6, 6.07) is 15.1. The number of nitrogens with one attached hydrogen (secondary N) is 2. The maximum Gasteiger partial charge on any atom is 0.415 e. The molecular formula is C22H23N5O2. The minimum absolute atomic E-state index is 0.0114. The van der Waals surface area contributed by atoms with Crippen molar-refractivity contribution in [2.45, 2.75) is 45.0 Å². The molecule has 0 unspecified atom stereocenters. The summed E-state index contributed by atoms with van der Waals surface area (Å²) in [6.07, 6.45) is 3.20. The smallest absolute Gasteiger partial charge is 0.415 e. The average molecular weight is 389 g/mol. The Bertz CT molecular complexity index is 1020. The summed E-state index contributed by atoms with van der Waals surface area (Å²) in [4.78, 5) is 14.1. The molecule has 29 heavy (non-hydrogen) atoms. The van der Waals surface area contributed by atoms with E-state index in [2.05, 4.69) is 70.1 Å². The standard InChI is InChI=1S/C22H23N5O2/c1-2-21-20-10-17-9-16(7-8-19(17)27(20)22(28)29-21)15-5-3-14(4-6-15)11-23-12-18-13-24-26-25-18/h3-9,13,20-21,23H,2,10-12H2,1H3,(H,24,25,26)/t20-,21-/m0/s1. The number of rotatable bonds is 6. The summed E-state index contributed by atoms with van der Waals surface area (Å²) < 4.78 is 5.49. The molecule has 2 aliphatic rings. The molecule has 1 aromatic heterocycles. The number of hydrogen-bond donors (Lipinski definition) is 2. The molecule has 1 fully saturated rings. The molecule has 2 aromatic carbocycles. The van der Waals surface area contributed by atoms with Gasteiger partial charge in [0.1, 0.15) is 6.10 Å². The second-order valence-corrected chi connectivity index (χ2v) is 7.60. The largest absolute Gasteiger partial charge is 0.444 e. The molecule has 7 nitrogen and oxygen atoms in total. The van der Waals surface area contributed by atoms with E-state index >= 15 is 0 Å². The van der Waals surface area contributed by atoms with Crippen LogP contribution in [0.1, 0.15) is 30.2 Å². The van der Waals surface area contributed by atoms with Crippen LogP contribution in [-0.2, 0) is 24.2 Å². The number of aromatic amines is 1. The summed E-state index contributed by atoms with van der Waals surface area (Å²) in [7, 11) is 0. The number of hydrogen-bond acceptors (Lipinski definition) is 5. The highest BCUT2D eigenvalue weighted by molar-refractivity contribution is 5.94. The Hall–Kier alpha value is -3.19. The number of carbonyl (C=O) groups is 1. The Balaban J connectivity index is 1.29. The summed E-state index contributed by atoms with van der Waals surface area (Å²) in [6.45, 7) is 3.55. The van der Waals surface area contributed by atoms with Crippen molar-refractivity contribution in [1.82, 2.24) is 20.7 Å². The fourth-order valence-electron chi connectivity index (χ4n) is 4.27. The molecule has 2 N–H and O–H groups in total. The Morgan fingerprint density at radius 1 is 1.17 bits per heavy atom. The van der Waals surface area contributed by atoms with Crippen molar-refractivity contribution in [2.75, 3.05) is 4.90 Å². The van der Waals surface area contributed by atoms with E-state index in [1.54, 1.807) is 6.20 Å². The number of ether oxygens (including phenoxy) is 1. The average Bonchev–Trinajstić information content (AvgIpc) is 3.45. The Kier molecular flexibility index (Phi) is 4.52. The molecule has 0 bridgehead atoms. The number of anilines is 1. The van der Waals surface area contributed by atoms with Gasteiger partial charge in [-0.1, -0.05) is 42.5 Å². The summed E-state index contributed by atoms with van der Waals surface area (Å²) in [5.41, 5.74) is 6.76. The van der Waals surface area contributed by atoms with Crippen LogP contribution in [0.5, 0.6) is 0 Å². The molecule has 0 radical (unpaired) electrons. The van der Waals surface area contributed by atoms with Crippen molar-refractivity contribution in [3.8, 4) is 11.1 Å². The molecular weight excluding hydrogens is 366 g/mol. The topological polar surface area (TPSA) is 83.1 Å². The molecule has 5 rings (SSSR count). The van der Waals surface area contributed by atoms with Crippen LogP contribution in [0, 0.1) is 0 Å². The lowest BCUT2D eigenvalue weighted by Gasteiger charge is -2.15. The van der Waals surface area contributed by atoms with Crippen LogP contribution in [0.25, 0.3) is 11.1 Å². The van der Waals surface area contributed by atoms with Gasteiger partial charge in [0, 0.05) is 13.1 Å². The van der Waals surface area contributed by atoms with Crippen molar-refractivity contribution >= 4 is 11.8 Å². The summed E-state index contributed by atoms with van der Waals surface area (Å²) >= 11 is 0. The van der Waals surface area contributed by atoms with Gasteiger partial charge in [-0.05, 0) is 47.2 Å². The first kappa shape index (κ1) is 17.9. The zero-order valence-corrected chi connectivity index (χ0v) is 16.3. The van der Waals surface area contributed by atoms with Crippen molar-refractivity contribution in [3.63, 3.8) is 0 Å². The molecule has 1 saturated heterocycles. The maximum absolute atomic E-state index is 12.2. The molecule has 3 heterocycles. The van der Waals surface area contributed by atoms with E-state index in [1.165, 1.54) is 22.3 Å². The van der Waals surface area contributed by atoms with Gasteiger partial charge in [-0.2, -0.15) is 0 Å². The minimum Gasteiger partial charge on any atom is -0.444 e. The molecule has 0 spiro atoms. The van der Waals surface area contributed by atoms with Crippen LogP contribution in [0.15, 0.2) is 48.7 Å². The van der Waals surface area contributed by atoms with Crippen LogP contribution in [0.3, 0.4) is 0 Å². The SMILES string of the molecule is CC[C@@H]1OC(=O)N2c3ccc(-c4ccc(CNCc5cnn[nH]5)cc4)cc3C[C@@H]12. The highest BCUT2D eigenvalue weighted by atomic mass is 16.6. The quantitative estimate of drug-likeness (QED) is 0.675. The second-order valence-electron chi connectivity index (χ2n) is 7.60. The van der Waals surface area contributed by atoms with E-state index in [9.17, 15) is 4.79 Å². The highest BCUT2D eigenvalue weighted by Gasteiger charge is 2.46. The van der Waals surface area contributed by atoms with E-state index in [0.717, 1.165) is 30.8 Å². The molecule has 2 aliphatic heterocycles. The van der Waals surface area contributed by atoms with Gasteiger partial charge in [0.15, 0.2) is 0 Å². The number of H-pyrrole nitrogens is 1. The molecule has 0 saturated carbocycles. The Labute approximate surface area is 169 Å². The van der Waals surface area contributed by atoms with Crippen molar-refractivity contribution in [3.05, 3.63) is 65.5 Å². The molecule has 1 amide bonds. The van der Waals surface area contributed by atoms with Gasteiger partial charge in [-0.25, -0.2) is 4.79 Å². The fourth-order valence-corrected chi connectivity index (χ4v) is 4.27. The number of benzene rings is 2. The van der Waals surface area contributed by atoms with Gasteiger partial charge < -0.3 is 10.1 Å². The predicted octanol–water partition coefficient (Wildman–Crippen LogP) is 3.42. The third kappa shape index (κ3) is 3.27. The summed E-state index contributed by atoms with van der Waals surface area (Å²) in [5.74, 6) is 0. The van der Waals surface area contributed by atoms with Gasteiger partial charge in [-0.3, -0.25) is 10.00 Å². The van der Waals surface area contributed by atoms with E-state index in [4.69, 9.17) is 4.74 Å². The highest BCUT2D eigenvalue weighted by Crippen LogP contribution is 2.41. The van der Waals surface area contributed by atoms with E-state index in [1.807, 2.05) is 4.90 Å². The molecule has 7 heteroatoms. The zero-order chi connectivity index (χ0) is 19.8. The van der Waals surface area contributed by atoms with E-state index < -0.39 is 0 Å². The third-order valence-corrected chi connectivity index (χ3v) is 5.78. The van der Waals surface area contributed by atoms with Gasteiger partial charge >= 0.3 is 6.09 Å². The lowest BCUT2D eigenvalue weighted by molar-refractivity contribution is 0.129. The number of nitrogens with zero attached hydrogens (tertiary/aromatic N) is 3. The number of cyclic esters (lactones) is 1. The molecule has 148 valence electrons. The molecule has 3 aromatic rings. The molecule has 2 atom stereocenters. The van der Waals surface area contributed by atoms with E-state index in [-0.39, 0.29) is 18.2 Å². The van der Waals surface area contributed by atoms with Crippen LogP contribution in [0.2, 0.25) is 0 Å². The van der Waals surface area contributed by atoms with Crippen molar-refractivity contribution in [2.24, 2.45) is 0 Å². The fraction of sp³-hybridized carbons (Fsp3) is 0.318. The number of carbonyl (C=O) groups excluding carboxylic acids is 1. The number of amides is 1. The number of fused-ring (bicyclic) bond motifs is 3. The van der Waals surface area contributed by atoms with Crippen LogP contribution in [-0.4, -0.2) is 33.6 Å². The number of aromatic nitrogens is 3. The Morgan fingerprint density at radius 2 is 2.00 bits per heavy atom. The first-order valence-corrected chi connectivity index (χ1v) is 10.0. The monoisotopic (exact) mass is 389 g/mol. The third-order valence-electron chi connectivity index (χ3n) is 5.78. The lowest BCUT2D eigenvalue weighted by Crippen LogP contribution is -2.32. The summed E-state index contributed by atoms with van der Waals surface area (Å²) in [5, 5.41) is 13.7. The predicted molar refractivity (Wildman–Crippen MR) is 109 cm³/mol. The second kappa shape index (κ2) is 7.33.